The number of aliphatic hydroxyl groups is 1. The molecule has 4 aliphatic rings. The molecule has 0 heterocycles. The van der Waals surface area contributed by atoms with Gasteiger partial charge in [0, 0.05) is 29.4 Å². The lowest BCUT2D eigenvalue weighted by molar-refractivity contribution is -0.137. The maximum absolute atomic E-state index is 12.3. The summed E-state index contributed by atoms with van der Waals surface area (Å²) in [5, 5.41) is 12.1. The van der Waals surface area contributed by atoms with Gasteiger partial charge in [0.05, 0.1) is 13.7 Å². The molecule has 1 aromatic rings. The molecule has 5 heteroatoms. The van der Waals surface area contributed by atoms with E-state index in [1.807, 2.05) is 18.2 Å². The van der Waals surface area contributed by atoms with Crippen molar-refractivity contribution >= 4 is 11.8 Å². The number of esters is 1. The summed E-state index contributed by atoms with van der Waals surface area (Å²) >= 11 is 0. The van der Waals surface area contributed by atoms with Gasteiger partial charge >= 0.3 is 5.97 Å². The Bertz CT molecular complexity index is 1300. The van der Waals surface area contributed by atoms with Gasteiger partial charge in [-0.25, -0.2) is 4.79 Å². The predicted octanol–water partition coefficient (Wildman–Crippen LogP) is 5.84. The molecule has 5 nitrogen and oxygen atoms in total. The number of methoxy groups -OCH3 is 1. The van der Waals surface area contributed by atoms with Crippen LogP contribution in [0.2, 0.25) is 0 Å². The maximum atomic E-state index is 12.3. The Hall–Kier alpha value is -3.10. The van der Waals surface area contributed by atoms with Gasteiger partial charge in [-0.2, -0.15) is 0 Å². The second kappa shape index (κ2) is 10.2. The Morgan fingerprint density at radius 3 is 2.82 bits per heavy atom. The monoisotopic (exact) mass is 514 g/mol. The third-order valence-corrected chi connectivity index (χ3v) is 9.47. The van der Waals surface area contributed by atoms with E-state index in [0.717, 1.165) is 37.9 Å². The summed E-state index contributed by atoms with van der Waals surface area (Å²) in [4.78, 5) is 24.2. The zero-order valence-electron chi connectivity index (χ0n) is 22.9. The highest BCUT2D eigenvalue weighted by atomic mass is 16.5. The summed E-state index contributed by atoms with van der Waals surface area (Å²) < 4.78 is 10.6. The average molecular weight is 515 g/mol. The van der Waals surface area contributed by atoms with Gasteiger partial charge in [-0.3, -0.25) is 4.79 Å². The minimum absolute atomic E-state index is 0.117. The van der Waals surface area contributed by atoms with E-state index in [1.54, 1.807) is 21.0 Å². The fraction of sp³-hybridized carbons (Fsp3) is 0.515. The summed E-state index contributed by atoms with van der Waals surface area (Å²) in [5.41, 5.74) is 4.27. The number of ether oxygens (including phenoxy) is 2. The van der Waals surface area contributed by atoms with E-state index in [-0.39, 0.29) is 11.7 Å². The molecule has 0 aliphatic heterocycles. The number of hydrogen-bond acceptors (Lipinski definition) is 5. The number of ketones is 1. The van der Waals surface area contributed by atoms with Crippen LogP contribution in [0.4, 0.5) is 0 Å². The van der Waals surface area contributed by atoms with Crippen LogP contribution in [0.1, 0.15) is 77.2 Å². The summed E-state index contributed by atoms with van der Waals surface area (Å²) in [7, 11) is 1.69. The Morgan fingerprint density at radius 2 is 2.05 bits per heavy atom. The number of hydrogen-bond donors (Lipinski definition) is 1. The first-order valence-electron chi connectivity index (χ1n) is 13.9. The average Bonchev–Trinajstić information content (AvgIpc) is 3.17. The number of benzene rings is 1. The number of fused-ring (bicyclic) bond motifs is 4. The highest BCUT2D eigenvalue weighted by molar-refractivity contribution is 5.93. The molecule has 0 spiro atoms. The Morgan fingerprint density at radius 1 is 1.24 bits per heavy atom. The number of carbonyl (C=O) groups excluding carboxylic acids is 2. The molecule has 0 radical (unpaired) electrons. The molecule has 2 saturated carbocycles. The summed E-state index contributed by atoms with van der Waals surface area (Å²) in [5.74, 6) is 7.73. The first-order chi connectivity index (χ1) is 18.2. The van der Waals surface area contributed by atoms with Crippen molar-refractivity contribution in [2.24, 2.45) is 17.3 Å². The van der Waals surface area contributed by atoms with Crippen molar-refractivity contribution in [2.75, 3.05) is 13.7 Å². The largest absolute Gasteiger partial charge is 0.497 e. The van der Waals surface area contributed by atoms with Gasteiger partial charge in [-0.1, -0.05) is 36.5 Å². The lowest BCUT2D eigenvalue weighted by Gasteiger charge is -2.53. The quantitative estimate of drug-likeness (QED) is 0.311. The fourth-order valence-electron chi connectivity index (χ4n) is 7.63. The molecule has 2 fully saturated rings. The standard InChI is InChI=1S/C33H38O5/c1-5-38-30(35)17-21(2)13-15-33(36)16-14-29-27-11-9-23-18-24(34)10-12-26(23)31(27)28(20-32(29,33)3)22-7-6-8-25(19-22)37-4/h6-8,17-19,27-29,36H,5,9-12,14,16,20H2,1-4H3/b21-17+/t27-,28+,29-,32-,33-/m0/s1. The van der Waals surface area contributed by atoms with Gasteiger partial charge in [-0.15, -0.1) is 0 Å². The van der Waals surface area contributed by atoms with Crippen molar-refractivity contribution in [3.63, 3.8) is 0 Å². The van der Waals surface area contributed by atoms with E-state index in [0.29, 0.717) is 36.9 Å². The van der Waals surface area contributed by atoms with E-state index in [1.165, 1.54) is 28.4 Å². The van der Waals surface area contributed by atoms with E-state index in [9.17, 15) is 14.7 Å². The van der Waals surface area contributed by atoms with Crippen molar-refractivity contribution in [1.82, 2.24) is 0 Å². The number of rotatable bonds is 4. The maximum Gasteiger partial charge on any atom is 0.331 e. The zero-order chi connectivity index (χ0) is 27.1. The minimum atomic E-state index is -1.16. The molecule has 1 N–H and O–H groups in total. The summed E-state index contributed by atoms with van der Waals surface area (Å²) in [6.45, 7) is 6.09. The van der Waals surface area contributed by atoms with Crippen LogP contribution in [0, 0.1) is 29.1 Å². The first-order valence-corrected chi connectivity index (χ1v) is 13.9. The van der Waals surface area contributed by atoms with Crippen LogP contribution in [0.25, 0.3) is 0 Å². The third kappa shape index (κ3) is 4.54. The van der Waals surface area contributed by atoms with Gasteiger partial charge in [0.15, 0.2) is 5.78 Å². The van der Waals surface area contributed by atoms with Crippen LogP contribution in [0.5, 0.6) is 5.75 Å². The Balaban J connectivity index is 1.59. The van der Waals surface area contributed by atoms with E-state index in [2.05, 4.69) is 30.9 Å². The third-order valence-electron chi connectivity index (χ3n) is 9.47. The fourth-order valence-corrected chi connectivity index (χ4v) is 7.63. The van der Waals surface area contributed by atoms with Crippen LogP contribution in [-0.4, -0.2) is 36.2 Å². The molecule has 0 aromatic heterocycles. The minimum Gasteiger partial charge on any atom is -0.497 e. The number of allylic oxidation sites excluding steroid dienone is 5. The Labute approximate surface area is 226 Å². The van der Waals surface area contributed by atoms with E-state index in [4.69, 9.17) is 9.47 Å². The van der Waals surface area contributed by atoms with Crippen LogP contribution < -0.4 is 4.74 Å². The van der Waals surface area contributed by atoms with Crippen molar-refractivity contribution < 1.29 is 24.2 Å². The van der Waals surface area contributed by atoms with Crippen LogP contribution in [0.3, 0.4) is 0 Å². The highest BCUT2D eigenvalue weighted by Crippen LogP contribution is 2.66. The molecule has 5 rings (SSSR count). The van der Waals surface area contributed by atoms with Crippen molar-refractivity contribution in [3.8, 4) is 17.6 Å². The second-order valence-corrected chi connectivity index (χ2v) is 11.5. The van der Waals surface area contributed by atoms with Gasteiger partial charge in [0.2, 0.25) is 0 Å². The van der Waals surface area contributed by atoms with E-state index < -0.39 is 17.0 Å². The van der Waals surface area contributed by atoms with Gasteiger partial charge < -0.3 is 14.6 Å². The molecule has 4 aliphatic carbocycles. The lowest BCUT2D eigenvalue weighted by Crippen LogP contribution is -2.51. The molecule has 38 heavy (non-hydrogen) atoms. The van der Waals surface area contributed by atoms with Gasteiger partial charge in [0.25, 0.3) is 0 Å². The molecule has 0 amide bonds. The molecular formula is C33H38O5. The van der Waals surface area contributed by atoms with Crippen LogP contribution in [0.15, 0.2) is 58.7 Å². The van der Waals surface area contributed by atoms with Crippen molar-refractivity contribution in [2.45, 2.75) is 77.2 Å². The molecule has 0 bridgehead atoms. The second-order valence-electron chi connectivity index (χ2n) is 11.5. The zero-order valence-corrected chi connectivity index (χ0v) is 22.9. The highest BCUT2D eigenvalue weighted by Gasteiger charge is 2.62. The SMILES string of the molecule is CCOC(=O)/C=C(\C)C#C[C@]1(O)CC[C@H]2[C@@H]3CCC4=CC(=O)CCC4=C3[C@@H](c3cccc(OC)c3)C[C@@]21C. The topological polar surface area (TPSA) is 72.8 Å². The predicted molar refractivity (Wildman–Crippen MR) is 146 cm³/mol. The molecule has 200 valence electrons. The molecule has 5 atom stereocenters. The van der Waals surface area contributed by atoms with E-state index >= 15 is 0 Å². The number of carbonyl (C=O) groups is 2. The molecule has 0 unspecified atom stereocenters. The molecule has 1 aromatic carbocycles. The lowest BCUT2D eigenvalue weighted by atomic mass is 9.51. The van der Waals surface area contributed by atoms with Gasteiger partial charge in [0.1, 0.15) is 11.4 Å². The smallest absolute Gasteiger partial charge is 0.331 e. The van der Waals surface area contributed by atoms with Crippen LogP contribution in [-0.2, 0) is 14.3 Å². The van der Waals surface area contributed by atoms with Gasteiger partial charge in [-0.05, 0) is 99.1 Å². The van der Waals surface area contributed by atoms with Crippen LogP contribution >= 0.6 is 0 Å². The van der Waals surface area contributed by atoms with Crippen molar-refractivity contribution in [1.29, 1.82) is 0 Å². The molecular weight excluding hydrogens is 476 g/mol. The van der Waals surface area contributed by atoms with Crippen molar-refractivity contribution in [3.05, 3.63) is 64.3 Å². The summed E-state index contributed by atoms with van der Waals surface area (Å²) in [6.07, 6.45) is 8.86. The summed E-state index contributed by atoms with van der Waals surface area (Å²) in [6, 6.07) is 8.29. The molecule has 0 saturated heterocycles. The first kappa shape index (κ1) is 26.5. The Kier molecular flexibility index (Phi) is 7.13. The normalized spacial score (nSPS) is 32.3.